The highest BCUT2D eigenvalue weighted by Gasteiger charge is 2.21. The number of halogens is 1. The van der Waals surface area contributed by atoms with Gasteiger partial charge in [-0.25, -0.2) is 19.9 Å². The highest BCUT2D eigenvalue weighted by Crippen LogP contribution is 2.28. The summed E-state index contributed by atoms with van der Waals surface area (Å²) < 4.78 is 7.49. The number of hydrogen-bond acceptors (Lipinski definition) is 9. The van der Waals surface area contributed by atoms with E-state index < -0.39 is 6.04 Å². The predicted molar refractivity (Wildman–Crippen MR) is 146 cm³/mol. The second-order valence-corrected chi connectivity index (χ2v) is 9.06. The van der Waals surface area contributed by atoms with Crippen LogP contribution >= 0.6 is 22.6 Å². The smallest absolute Gasteiger partial charge is 0.316 e. The van der Waals surface area contributed by atoms with Crippen molar-refractivity contribution in [1.29, 1.82) is 0 Å². The van der Waals surface area contributed by atoms with Crippen LogP contribution in [0.15, 0.2) is 71.9 Å². The van der Waals surface area contributed by atoms with Crippen LogP contribution in [0.5, 0.6) is 6.01 Å². The zero-order valence-corrected chi connectivity index (χ0v) is 21.5. The zero-order valence-electron chi connectivity index (χ0n) is 19.4. The normalized spacial score (nSPS) is 11.9. The summed E-state index contributed by atoms with van der Waals surface area (Å²) in [6, 6.07) is 14.8. The monoisotopic (exact) mass is 592 g/mol. The predicted octanol–water partition coefficient (Wildman–Crippen LogP) is 4.00. The second-order valence-electron chi connectivity index (χ2n) is 7.90. The number of hydrogen-bond donors (Lipinski definition) is 2. The van der Waals surface area contributed by atoms with Crippen LogP contribution in [-0.2, 0) is 0 Å². The minimum absolute atomic E-state index is 0.156. The summed E-state index contributed by atoms with van der Waals surface area (Å²) in [4.78, 5) is 35.8. The molecule has 1 atom stereocenters. The van der Waals surface area contributed by atoms with Gasteiger partial charge < -0.3 is 15.8 Å². The van der Waals surface area contributed by atoms with E-state index in [1.54, 1.807) is 23.2 Å². The van der Waals surface area contributed by atoms with Crippen molar-refractivity contribution in [3.8, 4) is 22.8 Å². The van der Waals surface area contributed by atoms with E-state index in [9.17, 15) is 4.79 Å². The minimum atomic E-state index is -0.391. The molecule has 11 heteroatoms. The number of ether oxygens (including phenoxy) is 1. The Kier molecular flexibility index (Phi) is 6.46. The number of aromatic nitrogens is 6. The number of nitrogens with one attached hydrogen (secondary N) is 1. The molecule has 0 aliphatic rings. The summed E-state index contributed by atoms with van der Waals surface area (Å²) in [6.45, 7) is 1.92. The molecule has 3 aromatic heterocycles. The van der Waals surface area contributed by atoms with Crippen molar-refractivity contribution in [1.82, 2.24) is 29.5 Å². The third-order valence-corrected chi connectivity index (χ3v) is 6.35. The lowest BCUT2D eigenvalue weighted by molar-refractivity contribution is 0.380. The number of rotatable bonds is 6. The van der Waals surface area contributed by atoms with E-state index in [2.05, 4.69) is 47.8 Å². The van der Waals surface area contributed by atoms with Crippen LogP contribution in [0.3, 0.4) is 0 Å². The van der Waals surface area contributed by atoms with Gasteiger partial charge in [-0.2, -0.15) is 4.98 Å². The average molecular weight is 592 g/mol. The maximum atomic E-state index is 14.1. The van der Waals surface area contributed by atoms with Crippen molar-refractivity contribution in [2.45, 2.75) is 13.0 Å². The molecule has 0 radical (unpaired) electrons. The molecule has 5 aromatic rings. The lowest BCUT2D eigenvalue weighted by Crippen LogP contribution is -2.28. The van der Waals surface area contributed by atoms with Crippen LogP contribution in [0.2, 0.25) is 0 Å². The minimum Gasteiger partial charge on any atom is -0.467 e. The van der Waals surface area contributed by atoms with Crippen molar-refractivity contribution in [2.75, 3.05) is 18.2 Å². The first-order chi connectivity index (χ1) is 17.5. The maximum absolute atomic E-state index is 14.1. The van der Waals surface area contributed by atoms with Crippen LogP contribution in [0.4, 0.5) is 11.8 Å². The van der Waals surface area contributed by atoms with E-state index in [0.717, 1.165) is 3.57 Å². The fourth-order valence-corrected chi connectivity index (χ4v) is 4.33. The van der Waals surface area contributed by atoms with Crippen molar-refractivity contribution in [2.24, 2.45) is 0 Å². The largest absolute Gasteiger partial charge is 0.467 e. The quantitative estimate of drug-likeness (QED) is 0.281. The molecule has 36 heavy (non-hydrogen) atoms. The zero-order chi connectivity index (χ0) is 25.2. The van der Waals surface area contributed by atoms with Gasteiger partial charge in [-0.05, 0) is 53.3 Å². The number of methoxy groups -OCH3 is 1. The van der Waals surface area contributed by atoms with Crippen LogP contribution in [0.1, 0.15) is 18.8 Å². The van der Waals surface area contributed by atoms with Crippen LogP contribution in [0.25, 0.3) is 27.7 Å². The molecule has 0 saturated carbocycles. The molecule has 3 heterocycles. The Morgan fingerprint density at radius 3 is 2.47 bits per heavy atom. The molecule has 0 saturated heterocycles. The average Bonchev–Trinajstić information content (AvgIpc) is 2.90. The van der Waals surface area contributed by atoms with Gasteiger partial charge in [0.15, 0.2) is 0 Å². The summed E-state index contributed by atoms with van der Waals surface area (Å²) in [5.74, 6) is 1.24. The molecular weight excluding hydrogens is 571 g/mol. The molecule has 0 aliphatic heterocycles. The molecule has 0 spiro atoms. The van der Waals surface area contributed by atoms with Gasteiger partial charge >= 0.3 is 6.01 Å². The number of nitrogens with zero attached hydrogens (tertiary/aromatic N) is 6. The molecule has 0 aliphatic carbocycles. The van der Waals surface area contributed by atoms with Gasteiger partial charge in [-0.3, -0.25) is 9.36 Å². The lowest BCUT2D eigenvalue weighted by atomic mass is 10.0. The first-order valence-corrected chi connectivity index (χ1v) is 12.1. The van der Waals surface area contributed by atoms with Crippen molar-refractivity contribution in [3.05, 3.63) is 86.9 Å². The Morgan fingerprint density at radius 1 is 1.00 bits per heavy atom. The summed E-state index contributed by atoms with van der Waals surface area (Å²) >= 11 is 2.13. The standard InChI is InChI=1S/C25H21IN8O2/c1-14(31-21-18(26)13-28-24(27)33-21)22-32-19-10-6-9-17(15-11-29-25(36-2)30-12-15)20(19)23(35)34(22)16-7-4-3-5-8-16/h3-14H,1-2H3,(H3,27,28,31,33)/t14-/m1/s1. The van der Waals surface area contributed by atoms with E-state index >= 15 is 0 Å². The molecule has 0 unspecified atom stereocenters. The fraction of sp³-hybridized carbons (Fsp3) is 0.120. The lowest BCUT2D eigenvalue weighted by Gasteiger charge is -2.21. The van der Waals surface area contributed by atoms with Gasteiger partial charge in [0, 0.05) is 24.2 Å². The van der Waals surface area contributed by atoms with Crippen molar-refractivity contribution < 1.29 is 4.74 Å². The van der Waals surface area contributed by atoms with Crippen LogP contribution in [0, 0.1) is 3.57 Å². The Morgan fingerprint density at radius 2 is 1.75 bits per heavy atom. The summed E-state index contributed by atoms with van der Waals surface area (Å²) in [5, 5.41) is 3.80. The van der Waals surface area contributed by atoms with E-state index in [1.165, 1.54) is 7.11 Å². The van der Waals surface area contributed by atoms with Gasteiger partial charge in [-0.15, -0.1) is 0 Å². The van der Waals surface area contributed by atoms with Gasteiger partial charge in [0.05, 0.1) is 33.3 Å². The van der Waals surface area contributed by atoms with E-state index in [1.807, 2.05) is 55.5 Å². The summed E-state index contributed by atoms with van der Waals surface area (Å²) in [5.41, 5.74) is 8.20. The molecule has 10 nitrogen and oxygen atoms in total. The molecular formula is C25H21IN8O2. The SMILES string of the molecule is COc1ncc(-c2cccc3nc([C@@H](C)Nc4nc(N)ncc4I)n(-c4ccccc4)c(=O)c23)cn1. The number of para-hydroxylation sites is 1. The summed E-state index contributed by atoms with van der Waals surface area (Å²) in [6.07, 6.45) is 4.90. The van der Waals surface area contributed by atoms with E-state index in [-0.39, 0.29) is 17.5 Å². The Hall–Kier alpha value is -4.13. The fourth-order valence-electron chi connectivity index (χ4n) is 3.92. The third-order valence-electron chi connectivity index (χ3n) is 5.56. The van der Waals surface area contributed by atoms with E-state index in [4.69, 9.17) is 15.5 Å². The molecule has 0 fully saturated rings. The topological polar surface area (TPSA) is 134 Å². The van der Waals surface area contributed by atoms with Gasteiger partial charge in [0.25, 0.3) is 5.56 Å². The third kappa shape index (κ3) is 4.44. The maximum Gasteiger partial charge on any atom is 0.316 e. The van der Waals surface area contributed by atoms with Gasteiger partial charge in [0.1, 0.15) is 11.6 Å². The first kappa shape index (κ1) is 23.6. The number of fused-ring (bicyclic) bond motifs is 1. The number of nitrogens with two attached hydrogens (primary N) is 1. The Balaban J connectivity index is 1.73. The van der Waals surface area contributed by atoms with Crippen molar-refractivity contribution >= 4 is 45.3 Å². The van der Waals surface area contributed by atoms with E-state index in [0.29, 0.717) is 39.4 Å². The summed E-state index contributed by atoms with van der Waals surface area (Å²) in [7, 11) is 1.50. The number of nitrogen functional groups attached to an aromatic ring is 1. The first-order valence-electron chi connectivity index (χ1n) is 11.0. The molecule has 180 valence electrons. The Labute approximate surface area is 219 Å². The molecule has 5 rings (SSSR count). The second kappa shape index (κ2) is 9.85. The van der Waals surface area contributed by atoms with Crippen molar-refractivity contribution in [3.63, 3.8) is 0 Å². The highest BCUT2D eigenvalue weighted by molar-refractivity contribution is 14.1. The number of anilines is 2. The number of benzene rings is 2. The molecule has 0 bridgehead atoms. The Bertz CT molecular complexity index is 1610. The molecule has 2 aromatic carbocycles. The van der Waals surface area contributed by atoms with Crippen LogP contribution < -0.4 is 21.3 Å². The molecule has 3 N–H and O–H groups in total. The van der Waals surface area contributed by atoms with Gasteiger partial charge in [0.2, 0.25) is 5.95 Å². The van der Waals surface area contributed by atoms with Crippen LogP contribution in [-0.4, -0.2) is 36.6 Å². The van der Waals surface area contributed by atoms with Gasteiger partial charge in [-0.1, -0.05) is 30.3 Å². The highest BCUT2D eigenvalue weighted by atomic mass is 127. The molecule has 0 amide bonds.